The fraction of sp³-hybridized carbons (Fsp3) is 0.625. The summed E-state index contributed by atoms with van der Waals surface area (Å²) in [6, 6.07) is 0. The summed E-state index contributed by atoms with van der Waals surface area (Å²) in [7, 11) is 0. The van der Waals surface area contributed by atoms with Crippen LogP contribution in [0.4, 0.5) is 0 Å². The Morgan fingerprint density at radius 3 is 2.12 bits per heavy atom. The van der Waals surface area contributed by atoms with Gasteiger partial charge in [-0.3, -0.25) is 9.59 Å². The van der Waals surface area contributed by atoms with Crippen molar-refractivity contribution in [1.29, 1.82) is 0 Å². The number of carbonyl (C=O) groups excluding carboxylic acids is 1. The highest BCUT2D eigenvalue weighted by Crippen LogP contribution is 2.15. The van der Waals surface area contributed by atoms with Crippen molar-refractivity contribution in [3.05, 3.63) is 0 Å². The van der Waals surface area contributed by atoms with E-state index in [1.165, 1.54) is 0 Å². The number of aliphatic hydroxyl groups is 1. The van der Waals surface area contributed by atoms with Gasteiger partial charge in [0, 0.05) is 13.1 Å². The largest absolute Gasteiger partial charge is 0.481 e. The summed E-state index contributed by atoms with van der Waals surface area (Å²) in [6.45, 7) is 0.289. The van der Waals surface area contributed by atoms with Crippen molar-refractivity contribution in [3.8, 4) is 0 Å². The summed E-state index contributed by atoms with van der Waals surface area (Å²) in [5, 5.41) is 28.7. The molecule has 92 valence electrons. The van der Waals surface area contributed by atoms with Crippen molar-refractivity contribution >= 4 is 17.8 Å². The zero-order chi connectivity index (χ0) is 12.8. The zero-order valence-corrected chi connectivity index (χ0v) is 8.47. The van der Waals surface area contributed by atoms with Crippen LogP contribution in [0, 0.1) is 0 Å². The van der Waals surface area contributed by atoms with Crippen LogP contribution in [0.2, 0.25) is 0 Å². The van der Waals surface area contributed by atoms with E-state index in [2.05, 4.69) is 5.32 Å². The van der Waals surface area contributed by atoms with Crippen LogP contribution in [-0.4, -0.2) is 51.9 Å². The zero-order valence-electron chi connectivity index (χ0n) is 8.47. The summed E-state index contributed by atoms with van der Waals surface area (Å²) >= 11 is 0. The quantitative estimate of drug-likeness (QED) is 0.333. The Hall–Kier alpha value is -1.67. The third kappa shape index (κ3) is 4.71. The van der Waals surface area contributed by atoms with Crippen LogP contribution < -0.4 is 11.1 Å². The SMILES string of the molecule is NCCNC(=O)CC(O)(CC(=O)O)C(=O)O. The summed E-state index contributed by atoms with van der Waals surface area (Å²) in [5.74, 6) is -4.02. The van der Waals surface area contributed by atoms with Gasteiger partial charge in [-0.2, -0.15) is 0 Å². The number of nitrogens with one attached hydrogen (secondary N) is 1. The van der Waals surface area contributed by atoms with E-state index in [4.69, 9.17) is 15.9 Å². The van der Waals surface area contributed by atoms with E-state index in [1.807, 2.05) is 0 Å². The van der Waals surface area contributed by atoms with E-state index in [-0.39, 0.29) is 13.1 Å². The number of hydrogen-bond acceptors (Lipinski definition) is 5. The number of hydrogen-bond donors (Lipinski definition) is 5. The summed E-state index contributed by atoms with van der Waals surface area (Å²) in [6.07, 6.45) is -1.87. The molecule has 1 atom stereocenters. The molecule has 0 aromatic carbocycles. The molecular formula is C8H14N2O6. The number of amides is 1. The highest BCUT2D eigenvalue weighted by molar-refractivity contribution is 5.90. The van der Waals surface area contributed by atoms with Crippen LogP contribution in [0.3, 0.4) is 0 Å². The number of aliphatic carboxylic acids is 2. The highest BCUT2D eigenvalue weighted by Gasteiger charge is 2.40. The maximum atomic E-state index is 11.1. The topological polar surface area (TPSA) is 150 Å². The Morgan fingerprint density at radius 2 is 1.75 bits per heavy atom. The van der Waals surface area contributed by atoms with Crippen molar-refractivity contribution in [2.45, 2.75) is 18.4 Å². The Kier molecular flexibility index (Phi) is 5.40. The average molecular weight is 234 g/mol. The molecule has 0 radical (unpaired) electrons. The molecule has 6 N–H and O–H groups in total. The van der Waals surface area contributed by atoms with Gasteiger partial charge in [-0.05, 0) is 0 Å². The van der Waals surface area contributed by atoms with E-state index < -0.39 is 36.3 Å². The van der Waals surface area contributed by atoms with Crippen LogP contribution in [0.15, 0.2) is 0 Å². The molecule has 0 spiro atoms. The fourth-order valence-corrected chi connectivity index (χ4v) is 1.00. The molecule has 1 amide bonds. The molecule has 1 unspecified atom stereocenters. The minimum Gasteiger partial charge on any atom is -0.481 e. The molecule has 0 fully saturated rings. The van der Waals surface area contributed by atoms with Gasteiger partial charge in [0.05, 0.1) is 12.8 Å². The van der Waals surface area contributed by atoms with Crippen LogP contribution in [0.25, 0.3) is 0 Å². The first-order chi connectivity index (χ1) is 7.31. The Morgan fingerprint density at radius 1 is 1.19 bits per heavy atom. The fourth-order valence-electron chi connectivity index (χ4n) is 1.00. The molecule has 0 bridgehead atoms. The second-order valence-corrected chi connectivity index (χ2v) is 3.22. The molecule has 8 nitrogen and oxygen atoms in total. The van der Waals surface area contributed by atoms with Gasteiger partial charge in [0.1, 0.15) is 0 Å². The van der Waals surface area contributed by atoms with Crippen LogP contribution >= 0.6 is 0 Å². The van der Waals surface area contributed by atoms with E-state index in [0.717, 1.165) is 0 Å². The van der Waals surface area contributed by atoms with E-state index in [0.29, 0.717) is 0 Å². The first-order valence-electron chi connectivity index (χ1n) is 4.46. The van der Waals surface area contributed by atoms with Gasteiger partial charge in [-0.25, -0.2) is 4.79 Å². The number of nitrogens with two attached hydrogens (primary N) is 1. The second-order valence-electron chi connectivity index (χ2n) is 3.22. The molecule has 0 aliphatic rings. The lowest BCUT2D eigenvalue weighted by Crippen LogP contribution is -2.45. The van der Waals surface area contributed by atoms with Crippen molar-refractivity contribution in [2.75, 3.05) is 13.1 Å². The third-order valence-corrected chi connectivity index (χ3v) is 1.76. The number of carboxylic acids is 2. The summed E-state index contributed by atoms with van der Waals surface area (Å²) in [5.41, 5.74) is 2.50. The van der Waals surface area contributed by atoms with Gasteiger partial charge in [0.2, 0.25) is 5.91 Å². The third-order valence-electron chi connectivity index (χ3n) is 1.76. The summed E-state index contributed by atoms with van der Waals surface area (Å²) < 4.78 is 0. The molecule has 8 heteroatoms. The molecule has 0 saturated heterocycles. The molecule has 0 aromatic rings. The Labute approximate surface area is 91.1 Å². The lowest BCUT2D eigenvalue weighted by molar-refractivity contribution is -0.167. The minimum atomic E-state index is -2.59. The smallest absolute Gasteiger partial charge is 0.336 e. The molecule has 0 aliphatic heterocycles. The first-order valence-corrected chi connectivity index (χ1v) is 4.46. The maximum absolute atomic E-state index is 11.1. The van der Waals surface area contributed by atoms with Crippen molar-refractivity contribution in [1.82, 2.24) is 5.32 Å². The predicted octanol–water partition coefficient (Wildman–Crippen LogP) is -2.26. The minimum absolute atomic E-state index is 0.127. The summed E-state index contributed by atoms with van der Waals surface area (Å²) in [4.78, 5) is 32.1. The van der Waals surface area contributed by atoms with Crippen LogP contribution in [-0.2, 0) is 14.4 Å². The normalized spacial score (nSPS) is 13.9. The lowest BCUT2D eigenvalue weighted by atomic mass is 9.95. The van der Waals surface area contributed by atoms with Gasteiger partial charge >= 0.3 is 11.9 Å². The molecule has 0 rings (SSSR count). The predicted molar refractivity (Wildman–Crippen MR) is 51.5 cm³/mol. The monoisotopic (exact) mass is 234 g/mol. The van der Waals surface area contributed by atoms with Crippen LogP contribution in [0.5, 0.6) is 0 Å². The van der Waals surface area contributed by atoms with E-state index >= 15 is 0 Å². The molecule has 0 aromatic heterocycles. The van der Waals surface area contributed by atoms with Crippen molar-refractivity contribution in [2.24, 2.45) is 5.73 Å². The molecule has 16 heavy (non-hydrogen) atoms. The highest BCUT2D eigenvalue weighted by atomic mass is 16.4. The van der Waals surface area contributed by atoms with Gasteiger partial charge in [-0.1, -0.05) is 0 Å². The average Bonchev–Trinajstić information content (AvgIpc) is 2.12. The van der Waals surface area contributed by atoms with Crippen molar-refractivity contribution < 1.29 is 29.7 Å². The molecule has 0 heterocycles. The number of rotatable bonds is 7. The molecular weight excluding hydrogens is 220 g/mol. The van der Waals surface area contributed by atoms with Gasteiger partial charge in [-0.15, -0.1) is 0 Å². The number of carboxylic acid groups (broad SMARTS) is 2. The van der Waals surface area contributed by atoms with E-state index in [9.17, 15) is 19.5 Å². The van der Waals surface area contributed by atoms with E-state index in [1.54, 1.807) is 0 Å². The lowest BCUT2D eigenvalue weighted by Gasteiger charge is -2.20. The van der Waals surface area contributed by atoms with Crippen LogP contribution in [0.1, 0.15) is 12.8 Å². The molecule has 0 saturated carbocycles. The van der Waals surface area contributed by atoms with Gasteiger partial charge in [0.25, 0.3) is 0 Å². The maximum Gasteiger partial charge on any atom is 0.336 e. The van der Waals surface area contributed by atoms with Crippen molar-refractivity contribution in [3.63, 3.8) is 0 Å². The van der Waals surface area contributed by atoms with Gasteiger partial charge in [0.15, 0.2) is 5.60 Å². The van der Waals surface area contributed by atoms with Gasteiger partial charge < -0.3 is 26.4 Å². The first kappa shape index (κ1) is 14.3. The Balaban J connectivity index is 4.49. The standard InChI is InChI=1S/C8H14N2O6/c9-1-2-10-5(11)3-8(16,7(14)15)4-6(12)13/h16H,1-4,9H2,(H,10,11)(H,12,13)(H,14,15). The number of carbonyl (C=O) groups is 3. The molecule has 0 aliphatic carbocycles. The second kappa shape index (κ2) is 6.03. The Bertz CT molecular complexity index is 292.